The average molecular weight is 608 g/mol. The summed E-state index contributed by atoms with van der Waals surface area (Å²) in [5.74, 6) is 3.99. The van der Waals surface area contributed by atoms with Crippen LogP contribution in [0.2, 0.25) is 3.63 Å². The molecule has 6 unspecified atom stereocenters. The molecule has 0 amide bonds. The van der Waals surface area contributed by atoms with Crippen molar-refractivity contribution < 1.29 is 47.6 Å². The Morgan fingerprint density at radius 1 is 0.730 bits per heavy atom. The third-order valence-corrected chi connectivity index (χ3v) is 14.4. The fraction of sp³-hybridized carbons (Fsp3) is 0.382. The van der Waals surface area contributed by atoms with E-state index in [1.807, 2.05) is 5.57 Å². The van der Waals surface area contributed by atoms with Crippen molar-refractivity contribution in [1.29, 1.82) is 0 Å². The number of rotatable bonds is 4. The van der Waals surface area contributed by atoms with Gasteiger partial charge in [0, 0.05) is 0 Å². The van der Waals surface area contributed by atoms with E-state index in [9.17, 15) is 0 Å². The quantitative estimate of drug-likeness (QED) is 0.502. The monoisotopic (exact) mass is 605 g/mol. The van der Waals surface area contributed by atoms with Gasteiger partial charge in [0.15, 0.2) is 0 Å². The molecule has 6 rings (SSSR count). The first-order chi connectivity index (χ1) is 17.1. The Bertz CT molecular complexity index is 1210. The second-order valence-corrected chi connectivity index (χ2v) is 14.8. The van der Waals surface area contributed by atoms with Gasteiger partial charge in [-0.05, 0) is 0 Å². The molecule has 0 radical (unpaired) electrons. The van der Waals surface area contributed by atoms with Gasteiger partial charge in [0.1, 0.15) is 0 Å². The molecule has 2 aromatic carbocycles. The van der Waals surface area contributed by atoms with Gasteiger partial charge >= 0.3 is 224 Å². The van der Waals surface area contributed by atoms with Gasteiger partial charge < -0.3 is 24.8 Å². The summed E-state index contributed by atoms with van der Waals surface area (Å²) in [5, 5.41) is 0. The normalized spacial score (nSPS) is 29.7. The molecule has 6 atom stereocenters. The standard InChI is InChI=1S/C21H27.C13H10.2ClH.Zr/c1-13-11-20(15(3)14(13)2)19-10-6-9-18-17-8-5-4-7-16(17)12-21(18)19;1-3-7-12(8-4-1)11-13-9-5-2-6-10-13;;;/h4-5,7-8,12,16-19,21H,6,9-11H2,1-3H3;1-10H;2*1H;/q;;;;+2/p-2. The van der Waals surface area contributed by atoms with Gasteiger partial charge in [-0.25, -0.2) is 0 Å². The average Bonchev–Trinajstić information content (AvgIpc) is 3.37. The van der Waals surface area contributed by atoms with Gasteiger partial charge in [0.05, 0.1) is 0 Å². The van der Waals surface area contributed by atoms with Crippen LogP contribution in [0.1, 0.15) is 57.6 Å². The topological polar surface area (TPSA) is 0 Å². The molecule has 3 heteroatoms. The third kappa shape index (κ3) is 5.31. The molecule has 0 N–H and O–H groups in total. The maximum absolute atomic E-state index is 2.61. The first-order valence-corrected chi connectivity index (χ1v) is 16.2. The van der Waals surface area contributed by atoms with Crippen molar-refractivity contribution in [2.45, 2.75) is 50.1 Å². The van der Waals surface area contributed by atoms with Gasteiger partial charge in [-0.2, -0.15) is 0 Å². The van der Waals surface area contributed by atoms with Crippen LogP contribution in [0.4, 0.5) is 0 Å². The fourth-order valence-corrected chi connectivity index (χ4v) is 13.1. The fourth-order valence-electron chi connectivity index (χ4n) is 7.74. The third-order valence-electron chi connectivity index (χ3n) is 9.58. The Morgan fingerprint density at radius 3 is 1.89 bits per heavy atom. The van der Waals surface area contributed by atoms with Gasteiger partial charge in [0.2, 0.25) is 0 Å². The summed E-state index contributed by atoms with van der Waals surface area (Å²) in [4.78, 5) is 0. The summed E-state index contributed by atoms with van der Waals surface area (Å²) < 4.78 is 2.56. The van der Waals surface area contributed by atoms with Crippen molar-refractivity contribution in [3.63, 3.8) is 0 Å². The van der Waals surface area contributed by atoms with Gasteiger partial charge in [-0.1, -0.05) is 0 Å². The summed E-state index contributed by atoms with van der Waals surface area (Å²) >= 11 is -0.914. The Kier molecular flexibility index (Phi) is 9.54. The molecule has 0 spiro atoms. The molecule has 0 saturated heterocycles. The molecule has 2 fully saturated rings. The van der Waals surface area contributed by atoms with E-state index in [4.69, 9.17) is 0 Å². The Balaban J connectivity index is 0.00000160. The molecule has 2 aromatic rings. The van der Waals surface area contributed by atoms with Crippen molar-refractivity contribution in [1.82, 2.24) is 0 Å². The van der Waals surface area contributed by atoms with Crippen molar-refractivity contribution in [2.24, 2.45) is 29.6 Å². The van der Waals surface area contributed by atoms with Crippen molar-refractivity contribution >= 4 is 3.21 Å². The molecule has 0 bridgehead atoms. The first-order valence-electron chi connectivity index (χ1n) is 13.6. The van der Waals surface area contributed by atoms with Crippen LogP contribution in [0.25, 0.3) is 0 Å². The van der Waals surface area contributed by atoms with E-state index in [0.717, 1.165) is 33.2 Å². The molecule has 0 nitrogen and oxygen atoms in total. The summed E-state index contributed by atoms with van der Waals surface area (Å²) in [5.41, 5.74) is 9.58. The molecule has 2 saturated carbocycles. The smallest absolute Gasteiger partial charge is 1.00 e. The van der Waals surface area contributed by atoms with E-state index in [1.165, 1.54) is 36.8 Å². The van der Waals surface area contributed by atoms with E-state index in [1.54, 1.807) is 19.9 Å². The number of halogens is 2. The molecular formula is C34H37Cl2Zr. The molecule has 191 valence electrons. The second kappa shape index (κ2) is 12.3. The number of hydrogen-bond donors (Lipinski definition) is 0. The largest absolute Gasteiger partial charge is 1.00 e. The van der Waals surface area contributed by atoms with Crippen molar-refractivity contribution in [3.8, 4) is 0 Å². The molecular weight excluding hydrogens is 571 g/mol. The minimum atomic E-state index is -0.914. The van der Waals surface area contributed by atoms with Crippen LogP contribution >= 0.6 is 0 Å². The van der Waals surface area contributed by atoms with E-state index >= 15 is 0 Å². The predicted molar refractivity (Wildman–Crippen MR) is 145 cm³/mol. The van der Waals surface area contributed by atoms with Gasteiger partial charge in [-0.15, -0.1) is 0 Å². The van der Waals surface area contributed by atoms with Crippen LogP contribution in [-0.4, -0.2) is 3.21 Å². The zero-order valence-electron chi connectivity index (χ0n) is 22.1. The zero-order valence-corrected chi connectivity index (χ0v) is 26.1. The first kappa shape index (κ1) is 28.7. The summed E-state index contributed by atoms with van der Waals surface area (Å²) in [6.45, 7) is 7.16. The predicted octanol–water partition coefficient (Wildman–Crippen LogP) is 2.60. The maximum atomic E-state index is 2.61. The molecule has 0 aromatic heterocycles. The van der Waals surface area contributed by atoms with E-state index in [2.05, 4.69) is 106 Å². The van der Waals surface area contributed by atoms with Crippen LogP contribution < -0.4 is 24.8 Å². The van der Waals surface area contributed by atoms with Gasteiger partial charge in [0.25, 0.3) is 0 Å². The van der Waals surface area contributed by atoms with Crippen LogP contribution in [0.15, 0.2) is 107 Å². The molecule has 0 aliphatic heterocycles. The Morgan fingerprint density at radius 2 is 1.32 bits per heavy atom. The summed E-state index contributed by atoms with van der Waals surface area (Å²) in [7, 11) is 0. The van der Waals surface area contributed by atoms with Gasteiger partial charge in [-0.3, -0.25) is 0 Å². The van der Waals surface area contributed by atoms with Crippen LogP contribution in [-0.2, 0) is 22.8 Å². The number of hydrogen-bond acceptors (Lipinski definition) is 0. The number of fused-ring (bicyclic) bond motifs is 3. The SMILES string of the molecule is CC1=C(C)C(C)=C(C2CCCC3C4C=CC=CC4[CH]([Zr+2]=[C](c4ccccc4)c4ccccc4)C23)C1.[Cl-].[Cl-]. The second-order valence-electron chi connectivity index (χ2n) is 11.2. The van der Waals surface area contributed by atoms with E-state index in [0.29, 0.717) is 0 Å². The number of allylic oxidation sites excluding steroid dienone is 8. The Labute approximate surface area is 247 Å². The molecule has 37 heavy (non-hydrogen) atoms. The van der Waals surface area contributed by atoms with Crippen LogP contribution in [0, 0.1) is 29.6 Å². The van der Waals surface area contributed by atoms with E-state index in [-0.39, 0.29) is 24.8 Å². The number of benzene rings is 2. The van der Waals surface area contributed by atoms with Crippen LogP contribution in [0.5, 0.6) is 0 Å². The minimum absolute atomic E-state index is 0. The van der Waals surface area contributed by atoms with Crippen molar-refractivity contribution in [2.75, 3.05) is 0 Å². The van der Waals surface area contributed by atoms with E-state index < -0.39 is 22.8 Å². The molecule has 0 heterocycles. The van der Waals surface area contributed by atoms with Crippen LogP contribution in [0.3, 0.4) is 0 Å². The summed E-state index contributed by atoms with van der Waals surface area (Å²) in [6.07, 6.45) is 15.4. The minimum Gasteiger partial charge on any atom is -1.00 e. The van der Waals surface area contributed by atoms with Crippen molar-refractivity contribution in [3.05, 3.63) is 118 Å². The zero-order chi connectivity index (χ0) is 23.9. The molecule has 4 aliphatic rings. The molecule has 4 aliphatic carbocycles. The summed E-state index contributed by atoms with van der Waals surface area (Å²) in [6, 6.07) is 22.7. The maximum Gasteiger partial charge on any atom is -1.00 e. The Hall–Kier alpha value is -1.27.